The molecule has 1 aromatic heterocycles. The monoisotopic (exact) mass is 319 g/mol. The highest BCUT2D eigenvalue weighted by Crippen LogP contribution is 2.45. The molecule has 4 rings (SSSR count). The summed E-state index contributed by atoms with van der Waals surface area (Å²) in [6.07, 6.45) is 0.941. The normalized spacial score (nSPS) is 24.2. The molecule has 2 aromatic rings. The molecule has 2 aliphatic heterocycles. The smallest absolute Gasteiger partial charge is 0.307 e. The molecule has 2 N–H and O–H groups in total. The first-order valence-corrected chi connectivity index (χ1v) is 8.15. The van der Waals surface area contributed by atoms with E-state index >= 15 is 0 Å². The second kappa shape index (κ2) is 4.73. The predicted octanol–water partition coefficient (Wildman–Crippen LogP) is 3.44. The molecular weight excluding hydrogens is 306 g/mol. The standard InChI is InChI=1S/C15H14ClN3OS/c16-10-4-5-12-11(9-10)15(13-3-1-8-21-13)17-6-2-7-19(15)14(20)18-12/h1,3-5,8-9,17H,2,6-7H2,(H,18,20). The molecule has 3 heterocycles. The molecule has 1 unspecified atom stereocenters. The van der Waals surface area contributed by atoms with Gasteiger partial charge in [-0.05, 0) is 42.6 Å². The van der Waals surface area contributed by atoms with Gasteiger partial charge < -0.3 is 5.32 Å². The Morgan fingerprint density at radius 1 is 1.33 bits per heavy atom. The summed E-state index contributed by atoms with van der Waals surface area (Å²) < 4.78 is 0. The minimum Gasteiger partial charge on any atom is -0.307 e. The van der Waals surface area contributed by atoms with Crippen molar-refractivity contribution in [2.45, 2.75) is 12.1 Å². The van der Waals surface area contributed by atoms with Crippen LogP contribution in [0.4, 0.5) is 10.5 Å². The zero-order valence-corrected chi connectivity index (χ0v) is 12.8. The van der Waals surface area contributed by atoms with Crippen molar-refractivity contribution < 1.29 is 4.79 Å². The number of nitrogens with one attached hydrogen (secondary N) is 2. The average Bonchev–Trinajstić information content (AvgIpc) is 3.03. The van der Waals surface area contributed by atoms with Crippen LogP contribution in [0.2, 0.25) is 5.02 Å². The number of fused-ring (bicyclic) bond motifs is 3. The first kappa shape index (κ1) is 13.1. The van der Waals surface area contributed by atoms with Gasteiger partial charge in [0.2, 0.25) is 0 Å². The van der Waals surface area contributed by atoms with Crippen LogP contribution in [0.3, 0.4) is 0 Å². The van der Waals surface area contributed by atoms with Crippen molar-refractivity contribution in [1.82, 2.24) is 10.2 Å². The molecule has 2 aliphatic rings. The van der Waals surface area contributed by atoms with Gasteiger partial charge in [0.25, 0.3) is 0 Å². The van der Waals surface area contributed by atoms with E-state index in [1.807, 2.05) is 28.5 Å². The number of hydrogen-bond donors (Lipinski definition) is 2. The molecule has 0 spiro atoms. The minimum atomic E-state index is -0.602. The van der Waals surface area contributed by atoms with Gasteiger partial charge in [-0.3, -0.25) is 10.2 Å². The molecule has 0 saturated carbocycles. The molecule has 1 fully saturated rings. The Hall–Kier alpha value is -1.56. The number of thiophene rings is 1. The maximum atomic E-state index is 12.5. The lowest BCUT2D eigenvalue weighted by Crippen LogP contribution is -2.65. The van der Waals surface area contributed by atoms with E-state index in [1.165, 1.54) is 0 Å². The Morgan fingerprint density at radius 3 is 3.05 bits per heavy atom. The third kappa shape index (κ3) is 1.81. The van der Waals surface area contributed by atoms with Gasteiger partial charge >= 0.3 is 6.03 Å². The predicted molar refractivity (Wildman–Crippen MR) is 84.9 cm³/mol. The van der Waals surface area contributed by atoms with Crippen LogP contribution in [-0.4, -0.2) is 24.0 Å². The fourth-order valence-electron chi connectivity index (χ4n) is 3.21. The topological polar surface area (TPSA) is 44.4 Å². The number of rotatable bonds is 1. The van der Waals surface area contributed by atoms with Gasteiger partial charge in [-0.1, -0.05) is 17.7 Å². The Balaban J connectivity index is 2.01. The fraction of sp³-hybridized carbons (Fsp3) is 0.267. The first-order chi connectivity index (χ1) is 10.2. The van der Waals surface area contributed by atoms with Crippen LogP contribution in [0.25, 0.3) is 0 Å². The van der Waals surface area contributed by atoms with Gasteiger partial charge in [-0.2, -0.15) is 0 Å². The van der Waals surface area contributed by atoms with Crippen molar-refractivity contribution in [3.05, 3.63) is 51.2 Å². The maximum absolute atomic E-state index is 12.5. The second-order valence-electron chi connectivity index (χ2n) is 5.24. The van der Waals surface area contributed by atoms with Crippen LogP contribution < -0.4 is 10.6 Å². The quantitative estimate of drug-likeness (QED) is 0.845. The van der Waals surface area contributed by atoms with Gasteiger partial charge in [0.05, 0.1) is 0 Å². The summed E-state index contributed by atoms with van der Waals surface area (Å²) in [7, 11) is 0. The Kier molecular flexibility index (Phi) is 2.96. The van der Waals surface area contributed by atoms with Crippen molar-refractivity contribution in [3.63, 3.8) is 0 Å². The first-order valence-electron chi connectivity index (χ1n) is 6.89. The lowest BCUT2D eigenvalue weighted by atomic mass is 9.89. The minimum absolute atomic E-state index is 0.0644. The molecule has 1 saturated heterocycles. The summed E-state index contributed by atoms with van der Waals surface area (Å²) in [5.74, 6) is 0. The summed E-state index contributed by atoms with van der Waals surface area (Å²) in [6.45, 7) is 1.59. The Morgan fingerprint density at radius 2 is 2.24 bits per heavy atom. The van der Waals surface area contributed by atoms with E-state index in [2.05, 4.69) is 16.7 Å². The average molecular weight is 320 g/mol. The molecule has 0 bridgehead atoms. The number of carbonyl (C=O) groups is 1. The van der Waals surface area contributed by atoms with E-state index in [0.717, 1.165) is 35.6 Å². The molecule has 0 aliphatic carbocycles. The van der Waals surface area contributed by atoms with Gasteiger partial charge in [-0.25, -0.2) is 4.79 Å². The lowest BCUT2D eigenvalue weighted by Gasteiger charge is -2.50. The van der Waals surface area contributed by atoms with Crippen LogP contribution in [0, 0.1) is 0 Å². The zero-order valence-electron chi connectivity index (χ0n) is 11.2. The summed E-state index contributed by atoms with van der Waals surface area (Å²) in [5.41, 5.74) is 1.23. The Bertz CT molecular complexity index is 703. The van der Waals surface area contributed by atoms with E-state index in [-0.39, 0.29) is 6.03 Å². The van der Waals surface area contributed by atoms with Crippen LogP contribution in [0.5, 0.6) is 0 Å². The number of carbonyl (C=O) groups excluding carboxylic acids is 1. The number of amides is 2. The number of urea groups is 1. The van der Waals surface area contributed by atoms with Gasteiger partial charge in [0.15, 0.2) is 5.66 Å². The number of benzene rings is 1. The third-order valence-electron chi connectivity index (χ3n) is 4.08. The van der Waals surface area contributed by atoms with Gasteiger partial charge in [-0.15, -0.1) is 11.3 Å². The number of halogens is 1. The molecule has 108 valence electrons. The Labute approximate surface area is 131 Å². The van der Waals surface area contributed by atoms with Crippen molar-refractivity contribution in [1.29, 1.82) is 0 Å². The van der Waals surface area contributed by atoms with E-state index in [9.17, 15) is 4.79 Å². The molecule has 0 radical (unpaired) electrons. The second-order valence-corrected chi connectivity index (χ2v) is 6.62. The van der Waals surface area contributed by atoms with E-state index in [1.54, 1.807) is 17.4 Å². The van der Waals surface area contributed by atoms with Crippen molar-refractivity contribution >= 4 is 34.7 Å². The number of anilines is 1. The van der Waals surface area contributed by atoms with Gasteiger partial charge in [0, 0.05) is 27.7 Å². The SMILES string of the molecule is O=C1Nc2ccc(Cl)cc2C2(c3cccs3)NCCCN12. The molecule has 2 amide bonds. The highest BCUT2D eigenvalue weighted by Gasteiger charge is 2.49. The zero-order chi connectivity index (χ0) is 14.4. The van der Waals surface area contributed by atoms with E-state index in [4.69, 9.17) is 11.6 Å². The summed E-state index contributed by atoms with van der Waals surface area (Å²) in [4.78, 5) is 15.5. The van der Waals surface area contributed by atoms with Crippen LogP contribution >= 0.6 is 22.9 Å². The number of nitrogens with zero attached hydrogens (tertiary/aromatic N) is 1. The summed E-state index contributed by atoms with van der Waals surface area (Å²) in [6, 6.07) is 9.64. The highest BCUT2D eigenvalue weighted by atomic mass is 35.5. The molecule has 1 atom stereocenters. The van der Waals surface area contributed by atoms with Crippen molar-refractivity contribution in [3.8, 4) is 0 Å². The van der Waals surface area contributed by atoms with E-state index < -0.39 is 5.66 Å². The maximum Gasteiger partial charge on any atom is 0.323 e. The highest BCUT2D eigenvalue weighted by molar-refractivity contribution is 7.10. The molecule has 6 heteroatoms. The largest absolute Gasteiger partial charge is 0.323 e. The molecule has 4 nitrogen and oxygen atoms in total. The van der Waals surface area contributed by atoms with E-state index in [0.29, 0.717) is 5.02 Å². The van der Waals surface area contributed by atoms with Crippen molar-refractivity contribution in [2.24, 2.45) is 0 Å². The third-order valence-corrected chi connectivity index (χ3v) is 5.29. The van der Waals surface area contributed by atoms with Gasteiger partial charge in [0.1, 0.15) is 0 Å². The van der Waals surface area contributed by atoms with Crippen LogP contribution in [0.15, 0.2) is 35.7 Å². The number of hydrogen-bond acceptors (Lipinski definition) is 3. The lowest BCUT2D eigenvalue weighted by molar-refractivity contribution is 0.0931. The molecule has 1 aromatic carbocycles. The molecule has 21 heavy (non-hydrogen) atoms. The van der Waals surface area contributed by atoms with Crippen LogP contribution in [0.1, 0.15) is 16.9 Å². The fourth-order valence-corrected chi connectivity index (χ4v) is 4.30. The molecular formula is C15H14ClN3OS. The van der Waals surface area contributed by atoms with Crippen LogP contribution in [-0.2, 0) is 5.66 Å². The summed E-state index contributed by atoms with van der Waals surface area (Å²) >= 11 is 7.86. The summed E-state index contributed by atoms with van der Waals surface area (Å²) in [5, 5.41) is 9.24. The van der Waals surface area contributed by atoms with Crippen molar-refractivity contribution in [2.75, 3.05) is 18.4 Å².